The van der Waals surface area contributed by atoms with Gasteiger partial charge in [-0.25, -0.2) is 0 Å². The van der Waals surface area contributed by atoms with Gasteiger partial charge in [0.05, 0.1) is 6.10 Å². The summed E-state index contributed by atoms with van der Waals surface area (Å²) in [5.74, 6) is -5.28. The maximum atomic E-state index is 13.7. The molecule has 10 heteroatoms. The minimum absolute atomic E-state index is 0.0726. The standard InChI is InChI=1S/C10H13F5O4S/c1-18-7-3-2-4-8(9(11,12)6-5-7)19-20(16,17)10(13,14)15/h4,7H,2-3,5-6H2,1H3/b8-4+. The summed E-state index contributed by atoms with van der Waals surface area (Å²) in [5.41, 5.74) is -5.75. The van der Waals surface area contributed by atoms with Gasteiger partial charge in [-0.05, 0) is 25.3 Å². The van der Waals surface area contributed by atoms with Crippen LogP contribution in [-0.2, 0) is 19.0 Å². The van der Waals surface area contributed by atoms with Crippen LogP contribution >= 0.6 is 0 Å². The van der Waals surface area contributed by atoms with Crippen molar-refractivity contribution >= 4 is 10.1 Å². The predicted molar refractivity (Wildman–Crippen MR) is 58.4 cm³/mol. The normalized spacial score (nSPS) is 27.1. The monoisotopic (exact) mass is 324 g/mol. The molecule has 1 aliphatic carbocycles. The maximum Gasteiger partial charge on any atom is 0.534 e. The average Bonchev–Trinajstić information content (AvgIpc) is 2.28. The van der Waals surface area contributed by atoms with E-state index in [-0.39, 0.29) is 19.3 Å². The Morgan fingerprint density at radius 2 is 1.90 bits per heavy atom. The first-order valence-electron chi connectivity index (χ1n) is 5.61. The lowest BCUT2D eigenvalue weighted by Crippen LogP contribution is -2.32. The van der Waals surface area contributed by atoms with Gasteiger partial charge in [-0.2, -0.15) is 30.4 Å². The molecule has 20 heavy (non-hydrogen) atoms. The van der Waals surface area contributed by atoms with E-state index in [1.165, 1.54) is 7.11 Å². The fourth-order valence-electron chi connectivity index (χ4n) is 1.66. The van der Waals surface area contributed by atoms with Gasteiger partial charge in [-0.3, -0.25) is 0 Å². The van der Waals surface area contributed by atoms with Crippen molar-refractivity contribution in [3.05, 3.63) is 11.8 Å². The molecule has 0 bridgehead atoms. The highest BCUT2D eigenvalue weighted by Crippen LogP contribution is 2.37. The van der Waals surface area contributed by atoms with E-state index in [4.69, 9.17) is 4.74 Å². The molecule has 0 radical (unpaired) electrons. The summed E-state index contributed by atoms with van der Waals surface area (Å²) < 4.78 is 93.8. The van der Waals surface area contributed by atoms with Crippen LogP contribution in [0.1, 0.15) is 25.7 Å². The number of alkyl halides is 5. The number of halogens is 5. The second kappa shape index (κ2) is 5.84. The smallest absolute Gasteiger partial charge is 0.381 e. The Hall–Kier alpha value is -0.900. The highest BCUT2D eigenvalue weighted by molar-refractivity contribution is 7.87. The van der Waals surface area contributed by atoms with Gasteiger partial charge in [0.25, 0.3) is 0 Å². The number of hydrogen-bond acceptors (Lipinski definition) is 4. The summed E-state index contributed by atoms with van der Waals surface area (Å²) in [5, 5.41) is 0. The van der Waals surface area contributed by atoms with Crippen LogP contribution in [0.4, 0.5) is 22.0 Å². The SMILES string of the molecule is COC1CC/C=C(/OS(=O)(=O)C(F)(F)F)C(F)(F)CC1. The van der Waals surface area contributed by atoms with Crippen molar-refractivity contribution in [1.29, 1.82) is 0 Å². The van der Waals surface area contributed by atoms with E-state index < -0.39 is 39.8 Å². The molecule has 1 rings (SSSR count). The van der Waals surface area contributed by atoms with Gasteiger partial charge in [0.1, 0.15) is 0 Å². The molecule has 0 aromatic carbocycles. The first-order chi connectivity index (χ1) is 8.99. The molecule has 0 aromatic rings. The number of methoxy groups -OCH3 is 1. The van der Waals surface area contributed by atoms with Crippen LogP contribution in [-0.4, -0.2) is 33.1 Å². The Labute approximate surface area is 112 Å². The Balaban J connectivity index is 2.98. The third-order valence-electron chi connectivity index (χ3n) is 2.78. The average molecular weight is 324 g/mol. The Kier molecular flexibility index (Phi) is 5.01. The topological polar surface area (TPSA) is 52.6 Å². The van der Waals surface area contributed by atoms with E-state index in [1.807, 2.05) is 0 Å². The van der Waals surface area contributed by atoms with Crippen molar-refractivity contribution < 1.29 is 39.3 Å². The van der Waals surface area contributed by atoms with Crippen LogP contribution in [0.5, 0.6) is 0 Å². The molecule has 4 nitrogen and oxygen atoms in total. The molecule has 0 saturated carbocycles. The van der Waals surface area contributed by atoms with Crippen LogP contribution < -0.4 is 0 Å². The van der Waals surface area contributed by atoms with Gasteiger partial charge in [-0.15, -0.1) is 0 Å². The van der Waals surface area contributed by atoms with E-state index in [9.17, 15) is 30.4 Å². The van der Waals surface area contributed by atoms with Crippen LogP contribution in [0.25, 0.3) is 0 Å². The summed E-state index contributed by atoms with van der Waals surface area (Å²) in [4.78, 5) is 0. The molecule has 0 heterocycles. The van der Waals surface area contributed by atoms with Gasteiger partial charge in [-0.1, -0.05) is 0 Å². The molecule has 0 saturated heterocycles. The van der Waals surface area contributed by atoms with Crippen LogP contribution in [0, 0.1) is 0 Å². The molecular weight excluding hydrogens is 311 g/mol. The third kappa shape index (κ3) is 4.05. The minimum atomic E-state index is -6.10. The molecule has 0 aliphatic heterocycles. The molecule has 0 N–H and O–H groups in total. The highest BCUT2D eigenvalue weighted by atomic mass is 32.2. The van der Waals surface area contributed by atoms with Crippen molar-refractivity contribution in [2.45, 2.75) is 43.2 Å². The molecule has 1 atom stereocenters. The summed E-state index contributed by atoms with van der Waals surface area (Å²) in [6.07, 6.45) is -0.560. The van der Waals surface area contributed by atoms with E-state index >= 15 is 0 Å². The molecular formula is C10H13F5O4S. The molecule has 0 spiro atoms. The van der Waals surface area contributed by atoms with E-state index in [2.05, 4.69) is 4.18 Å². The van der Waals surface area contributed by atoms with Crippen molar-refractivity contribution in [1.82, 2.24) is 0 Å². The molecule has 0 fully saturated rings. The fraction of sp³-hybridized carbons (Fsp3) is 0.800. The summed E-state index contributed by atoms with van der Waals surface area (Å²) in [6.45, 7) is 0. The number of rotatable bonds is 3. The fourth-order valence-corrected chi connectivity index (χ4v) is 2.18. The van der Waals surface area contributed by atoms with E-state index in [0.717, 1.165) is 0 Å². The Morgan fingerprint density at radius 1 is 1.30 bits per heavy atom. The molecule has 0 amide bonds. The number of hydrogen-bond donors (Lipinski definition) is 0. The molecule has 118 valence electrons. The maximum absolute atomic E-state index is 13.7. The minimum Gasteiger partial charge on any atom is -0.381 e. The van der Waals surface area contributed by atoms with Crippen LogP contribution in [0.15, 0.2) is 11.8 Å². The van der Waals surface area contributed by atoms with Crippen LogP contribution in [0.3, 0.4) is 0 Å². The first-order valence-corrected chi connectivity index (χ1v) is 7.02. The highest BCUT2D eigenvalue weighted by Gasteiger charge is 2.51. The molecule has 1 aliphatic rings. The Bertz CT molecular complexity index is 469. The van der Waals surface area contributed by atoms with Gasteiger partial charge >= 0.3 is 21.5 Å². The second-order valence-electron chi connectivity index (χ2n) is 4.23. The molecule has 1 unspecified atom stereocenters. The second-order valence-corrected chi connectivity index (χ2v) is 5.77. The lowest BCUT2D eigenvalue weighted by atomic mass is 10.00. The van der Waals surface area contributed by atoms with Crippen molar-refractivity contribution in [3.63, 3.8) is 0 Å². The number of ether oxygens (including phenoxy) is 1. The zero-order chi connectivity index (χ0) is 15.6. The van der Waals surface area contributed by atoms with Gasteiger partial charge in [0.2, 0.25) is 0 Å². The lowest BCUT2D eigenvalue weighted by Gasteiger charge is -2.25. The largest absolute Gasteiger partial charge is 0.534 e. The van der Waals surface area contributed by atoms with E-state index in [0.29, 0.717) is 6.08 Å². The summed E-state index contributed by atoms with van der Waals surface area (Å²) >= 11 is 0. The number of allylic oxidation sites excluding steroid dienone is 2. The van der Waals surface area contributed by atoms with Gasteiger partial charge in [0.15, 0.2) is 5.76 Å². The zero-order valence-electron chi connectivity index (χ0n) is 10.4. The van der Waals surface area contributed by atoms with Gasteiger partial charge in [0, 0.05) is 13.5 Å². The molecule has 0 aromatic heterocycles. The predicted octanol–water partition coefficient (Wildman–Crippen LogP) is 2.96. The lowest BCUT2D eigenvalue weighted by molar-refractivity contribution is -0.0609. The van der Waals surface area contributed by atoms with Crippen molar-refractivity contribution in [2.24, 2.45) is 0 Å². The van der Waals surface area contributed by atoms with Crippen molar-refractivity contribution in [2.75, 3.05) is 7.11 Å². The quantitative estimate of drug-likeness (QED) is 0.455. The third-order valence-corrected chi connectivity index (χ3v) is 3.74. The van der Waals surface area contributed by atoms with E-state index in [1.54, 1.807) is 0 Å². The summed E-state index contributed by atoms with van der Waals surface area (Å²) in [7, 11) is -4.76. The Morgan fingerprint density at radius 3 is 2.40 bits per heavy atom. The van der Waals surface area contributed by atoms with Crippen LogP contribution in [0.2, 0.25) is 0 Å². The summed E-state index contributed by atoms with van der Waals surface area (Å²) in [6, 6.07) is 0. The zero-order valence-corrected chi connectivity index (χ0v) is 11.2. The van der Waals surface area contributed by atoms with Crippen molar-refractivity contribution in [3.8, 4) is 0 Å². The van der Waals surface area contributed by atoms with Gasteiger partial charge < -0.3 is 8.92 Å². The first kappa shape index (κ1) is 17.2.